The zero-order valence-electron chi connectivity index (χ0n) is 20.1. The molecule has 0 radical (unpaired) electrons. The topological polar surface area (TPSA) is 105 Å². The minimum atomic E-state index is -3.35. The van der Waals surface area contributed by atoms with Crippen LogP contribution in [0.15, 0.2) is 77.7 Å². The summed E-state index contributed by atoms with van der Waals surface area (Å²) >= 11 is 0. The van der Waals surface area contributed by atoms with Crippen molar-refractivity contribution < 1.29 is 22.7 Å². The summed E-state index contributed by atoms with van der Waals surface area (Å²) in [6.45, 7) is 1.98. The number of urea groups is 1. The molecule has 2 N–H and O–H groups in total. The Morgan fingerprint density at radius 1 is 0.943 bits per heavy atom. The summed E-state index contributed by atoms with van der Waals surface area (Å²) < 4.78 is 28.8. The van der Waals surface area contributed by atoms with Gasteiger partial charge < -0.3 is 20.3 Å². The van der Waals surface area contributed by atoms with Crippen molar-refractivity contribution in [1.82, 2.24) is 5.32 Å². The van der Waals surface area contributed by atoms with Crippen molar-refractivity contribution >= 4 is 33.2 Å². The highest BCUT2D eigenvalue weighted by atomic mass is 32.2. The summed E-state index contributed by atoms with van der Waals surface area (Å²) in [7, 11) is 0.493. The number of esters is 1. The number of carbonyl (C=O) groups excluding carboxylic acids is 2. The van der Waals surface area contributed by atoms with Gasteiger partial charge in [0.1, 0.15) is 0 Å². The average molecular weight is 496 g/mol. The Labute approximate surface area is 205 Å². The van der Waals surface area contributed by atoms with Crippen LogP contribution in [0.5, 0.6) is 0 Å². The molecule has 8 nitrogen and oxygen atoms in total. The van der Waals surface area contributed by atoms with Crippen LogP contribution in [0.1, 0.15) is 34.5 Å². The van der Waals surface area contributed by atoms with Crippen molar-refractivity contribution in [3.63, 3.8) is 0 Å². The molecule has 0 aliphatic rings. The molecule has 3 aromatic carbocycles. The maximum atomic E-state index is 13.0. The lowest BCUT2D eigenvalue weighted by molar-refractivity contribution is 0.0526. The zero-order chi connectivity index (χ0) is 25.6. The van der Waals surface area contributed by atoms with E-state index in [1.165, 1.54) is 12.1 Å². The Bertz CT molecular complexity index is 1300. The lowest BCUT2D eigenvalue weighted by Gasteiger charge is -2.22. The van der Waals surface area contributed by atoms with Crippen molar-refractivity contribution in [1.29, 1.82) is 0 Å². The summed E-state index contributed by atoms with van der Waals surface area (Å²) in [6.07, 6.45) is 1.15. The first kappa shape index (κ1) is 25.8. The minimum absolute atomic E-state index is 0.197. The number of rotatable bonds is 8. The predicted octanol–water partition coefficient (Wildman–Crippen LogP) is 4.24. The molecular formula is C26H29N3O5S. The van der Waals surface area contributed by atoms with E-state index in [9.17, 15) is 18.0 Å². The van der Waals surface area contributed by atoms with Gasteiger partial charge in [-0.15, -0.1) is 0 Å². The van der Waals surface area contributed by atoms with Crippen LogP contribution in [0, 0.1) is 0 Å². The van der Waals surface area contributed by atoms with Crippen molar-refractivity contribution in [3.05, 3.63) is 89.5 Å². The highest BCUT2D eigenvalue weighted by molar-refractivity contribution is 7.90. The molecular weight excluding hydrogens is 466 g/mol. The third-order valence-corrected chi connectivity index (χ3v) is 6.40. The second kappa shape index (κ2) is 11.1. The maximum absolute atomic E-state index is 13.0. The van der Waals surface area contributed by atoms with E-state index in [2.05, 4.69) is 10.6 Å². The molecule has 184 valence electrons. The molecule has 0 saturated heterocycles. The van der Waals surface area contributed by atoms with Crippen LogP contribution in [0.3, 0.4) is 0 Å². The van der Waals surface area contributed by atoms with Crippen molar-refractivity contribution in [2.24, 2.45) is 0 Å². The largest absolute Gasteiger partial charge is 0.462 e. The fourth-order valence-corrected chi connectivity index (χ4v) is 4.12. The Kier molecular flexibility index (Phi) is 8.14. The molecule has 9 heteroatoms. The van der Waals surface area contributed by atoms with Gasteiger partial charge in [-0.1, -0.05) is 30.3 Å². The molecule has 0 fully saturated rings. The Morgan fingerprint density at radius 3 is 2.26 bits per heavy atom. The number of carbonyl (C=O) groups is 2. The van der Waals surface area contributed by atoms with E-state index in [1.54, 1.807) is 43.3 Å². The van der Waals surface area contributed by atoms with Gasteiger partial charge in [0.05, 0.1) is 23.1 Å². The van der Waals surface area contributed by atoms with Crippen molar-refractivity contribution in [2.75, 3.05) is 37.2 Å². The van der Waals surface area contributed by atoms with E-state index in [0.717, 1.165) is 17.5 Å². The van der Waals surface area contributed by atoms with Gasteiger partial charge >= 0.3 is 12.0 Å². The first-order chi connectivity index (χ1) is 16.6. The van der Waals surface area contributed by atoms with Crippen LogP contribution in [0.4, 0.5) is 16.2 Å². The maximum Gasteiger partial charge on any atom is 0.338 e. The molecule has 0 spiro atoms. The number of hydrogen-bond acceptors (Lipinski definition) is 6. The van der Waals surface area contributed by atoms with E-state index in [4.69, 9.17) is 4.74 Å². The quantitative estimate of drug-likeness (QED) is 0.453. The third-order valence-electron chi connectivity index (χ3n) is 5.27. The molecule has 0 aliphatic carbocycles. The van der Waals surface area contributed by atoms with E-state index in [-0.39, 0.29) is 11.5 Å². The van der Waals surface area contributed by atoms with E-state index < -0.39 is 27.9 Å². The lowest BCUT2D eigenvalue weighted by Crippen LogP contribution is -2.33. The first-order valence-corrected chi connectivity index (χ1v) is 12.9. The molecule has 2 amide bonds. The van der Waals surface area contributed by atoms with Gasteiger partial charge in [-0.05, 0) is 60.5 Å². The van der Waals surface area contributed by atoms with Crippen LogP contribution in [0.25, 0.3) is 0 Å². The molecule has 0 heterocycles. The molecule has 0 bridgehead atoms. The van der Waals surface area contributed by atoms with E-state index in [0.29, 0.717) is 16.8 Å². The normalized spacial score (nSPS) is 11.9. The highest BCUT2D eigenvalue weighted by Crippen LogP contribution is 2.27. The van der Waals surface area contributed by atoms with Crippen LogP contribution in [0.2, 0.25) is 0 Å². The molecule has 35 heavy (non-hydrogen) atoms. The van der Waals surface area contributed by atoms with E-state index in [1.807, 2.05) is 43.3 Å². The minimum Gasteiger partial charge on any atom is -0.462 e. The average Bonchev–Trinajstić information content (AvgIpc) is 2.82. The summed E-state index contributed by atoms with van der Waals surface area (Å²) in [6, 6.07) is 19.5. The Morgan fingerprint density at radius 2 is 1.63 bits per heavy atom. The lowest BCUT2D eigenvalue weighted by atomic mass is 9.98. The highest BCUT2D eigenvalue weighted by Gasteiger charge is 2.19. The fourth-order valence-electron chi connectivity index (χ4n) is 3.49. The number of hydrogen-bond donors (Lipinski definition) is 2. The Balaban J connectivity index is 1.90. The fraction of sp³-hybridized carbons (Fsp3) is 0.231. The molecule has 3 aromatic rings. The van der Waals surface area contributed by atoms with Crippen LogP contribution >= 0.6 is 0 Å². The van der Waals surface area contributed by atoms with Gasteiger partial charge in [-0.3, -0.25) is 0 Å². The van der Waals surface area contributed by atoms with Gasteiger partial charge in [0.25, 0.3) is 0 Å². The van der Waals surface area contributed by atoms with Gasteiger partial charge in [0.15, 0.2) is 9.84 Å². The van der Waals surface area contributed by atoms with Crippen molar-refractivity contribution in [3.8, 4) is 0 Å². The summed E-state index contributed by atoms with van der Waals surface area (Å²) in [5.41, 5.74) is 3.24. The Hall–Kier alpha value is -3.85. The molecule has 1 atom stereocenters. The van der Waals surface area contributed by atoms with Crippen molar-refractivity contribution in [2.45, 2.75) is 17.9 Å². The number of nitrogens with zero attached hydrogens (tertiary/aromatic N) is 1. The number of nitrogens with one attached hydrogen (secondary N) is 2. The number of amides is 2. The van der Waals surface area contributed by atoms with Gasteiger partial charge in [-0.2, -0.15) is 0 Å². The number of benzene rings is 3. The predicted molar refractivity (Wildman–Crippen MR) is 137 cm³/mol. The zero-order valence-corrected chi connectivity index (χ0v) is 20.9. The summed E-state index contributed by atoms with van der Waals surface area (Å²) in [5, 5.41) is 5.72. The monoisotopic (exact) mass is 495 g/mol. The molecule has 1 unspecified atom stereocenters. The summed E-state index contributed by atoms with van der Waals surface area (Å²) in [5.74, 6) is -0.471. The second-order valence-corrected chi connectivity index (χ2v) is 10.2. The molecule has 0 aliphatic heterocycles. The number of anilines is 2. The van der Waals surface area contributed by atoms with Crippen LogP contribution in [-0.4, -0.2) is 47.4 Å². The standard InChI is InChI=1S/C26H29N3O5S/c1-5-34-25(30)20-9-6-10-21(16-20)27-26(31)28-24(19-8-7-11-22(17-19)29(2)3)18-12-14-23(15-13-18)35(4,32)33/h6-17,24H,5H2,1-4H3,(H2,27,28,31). The molecule has 3 rings (SSSR count). The van der Waals surface area contributed by atoms with Crippen LogP contribution < -0.4 is 15.5 Å². The first-order valence-electron chi connectivity index (χ1n) is 11.0. The SMILES string of the molecule is CCOC(=O)c1cccc(NC(=O)NC(c2ccc(S(C)(=O)=O)cc2)c2cccc(N(C)C)c2)c1. The smallest absolute Gasteiger partial charge is 0.338 e. The number of sulfone groups is 1. The second-order valence-electron chi connectivity index (χ2n) is 8.16. The molecule has 0 saturated carbocycles. The summed E-state index contributed by atoms with van der Waals surface area (Å²) in [4.78, 5) is 27.1. The van der Waals surface area contributed by atoms with E-state index >= 15 is 0 Å². The van der Waals surface area contributed by atoms with Crippen LogP contribution in [-0.2, 0) is 14.6 Å². The van der Waals surface area contributed by atoms with Gasteiger partial charge in [0.2, 0.25) is 0 Å². The van der Waals surface area contributed by atoms with Gasteiger partial charge in [0, 0.05) is 31.7 Å². The molecule has 0 aromatic heterocycles. The van der Waals surface area contributed by atoms with Gasteiger partial charge in [-0.25, -0.2) is 18.0 Å². The number of ether oxygens (including phenoxy) is 1. The third kappa shape index (κ3) is 6.83.